The van der Waals surface area contributed by atoms with Gasteiger partial charge in [-0.05, 0) is 25.4 Å². The smallest absolute Gasteiger partial charge is 0.223 e. The minimum atomic E-state index is 0. The van der Waals surface area contributed by atoms with Crippen molar-refractivity contribution in [2.75, 3.05) is 26.2 Å². The normalized spacial score (nSPS) is 16.1. The van der Waals surface area contributed by atoms with Gasteiger partial charge in [0.2, 0.25) is 11.8 Å². The minimum Gasteiger partial charge on any atom is -0.356 e. The number of nitrogens with one attached hydrogen (secondary N) is 3. The van der Waals surface area contributed by atoms with Crippen molar-refractivity contribution in [2.45, 2.75) is 26.7 Å². The summed E-state index contributed by atoms with van der Waals surface area (Å²) in [5.41, 5.74) is 0. The molecule has 0 aromatic carbocycles. The predicted octanol–water partition coefficient (Wildman–Crippen LogP) is 0.296. The molecule has 1 fully saturated rings. The summed E-state index contributed by atoms with van der Waals surface area (Å²) in [6.45, 7) is 6.93. The van der Waals surface area contributed by atoms with Crippen LogP contribution in [0.1, 0.15) is 26.7 Å². The molecule has 5 nitrogen and oxygen atoms in total. The van der Waals surface area contributed by atoms with Crippen LogP contribution in [0.2, 0.25) is 0 Å². The fraction of sp³-hybridized carbons (Fsp3) is 0.833. The summed E-state index contributed by atoms with van der Waals surface area (Å²) in [6.07, 6.45) is 1.30. The van der Waals surface area contributed by atoms with Crippen LogP contribution in [0.25, 0.3) is 0 Å². The van der Waals surface area contributed by atoms with Crippen molar-refractivity contribution in [1.29, 1.82) is 0 Å². The van der Waals surface area contributed by atoms with Crippen molar-refractivity contribution >= 4 is 24.2 Å². The van der Waals surface area contributed by atoms with Crippen LogP contribution in [-0.2, 0) is 9.59 Å². The number of halogens is 1. The van der Waals surface area contributed by atoms with E-state index in [1.807, 2.05) is 13.8 Å². The Balaban J connectivity index is 0.00000289. The summed E-state index contributed by atoms with van der Waals surface area (Å²) in [7, 11) is 0. The zero-order valence-electron chi connectivity index (χ0n) is 11.1. The highest BCUT2D eigenvalue weighted by Gasteiger charge is 2.28. The van der Waals surface area contributed by atoms with Gasteiger partial charge in [-0.2, -0.15) is 0 Å². The van der Waals surface area contributed by atoms with Crippen LogP contribution >= 0.6 is 12.4 Å². The van der Waals surface area contributed by atoms with Crippen LogP contribution < -0.4 is 16.0 Å². The van der Waals surface area contributed by atoms with E-state index in [0.29, 0.717) is 25.4 Å². The molecular weight excluding hydrogens is 254 g/mol. The van der Waals surface area contributed by atoms with Crippen LogP contribution in [0.3, 0.4) is 0 Å². The average molecular weight is 278 g/mol. The first-order valence-corrected chi connectivity index (χ1v) is 6.40. The van der Waals surface area contributed by atoms with E-state index in [-0.39, 0.29) is 30.1 Å². The van der Waals surface area contributed by atoms with Gasteiger partial charge >= 0.3 is 0 Å². The van der Waals surface area contributed by atoms with Crippen molar-refractivity contribution in [3.8, 4) is 0 Å². The van der Waals surface area contributed by atoms with E-state index in [1.165, 1.54) is 0 Å². The molecule has 0 aliphatic carbocycles. The molecule has 3 N–H and O–H groups in total. The van der Waals surface area contributed by atoms with E-state index in [9.17, 15) is 9.59 Å². The molecule has 0 aromatic rings. The monoisotopic (exact) mass is 277 g/mol. The zero-order valence-corrected chi connectivity index (χ0v) is 11.9. The Bertz CT molecular complexity index is 270. The van der Waals surface area contributed by atoms with E-state index in [2.05, 4.69) is 16.0 Å². The number of amides is 2. The largest absolute Gasteiger partial charge is 0.356 e. The number of hydrogen-bond acceptors (Lipinski definition) is 3. The van der Waals surface area contributed by atoms with Gasteiger partial charge in [0.25, 0.3) is 0 Å². The van der Waals surface area contributed by atoms with E-state index in [0.717, 1.165) is 19.5 Å². The molecular formula is C12H24ClN3O2. The molecule has 18 heavy (non-hydrogen) atoms. The first kappa shape index (κ1) is 17.2. The second-order valence-electron chi connectivity index (χ2n) is 4.60. The molecule has 106 valence electrons. The lowest BCUT2D eigenvalue weighted by Crippen LogP contribution is -2.49. The van der Waals surface area contributed by atoms with Crippen LogP contribution in [0.5, 0.6) is 0 Å². The molecule has 1 aliphatic heterocycles. The number of carbonyl (C=O) groups excluding carboxylic acids is 2. The van der Waals surface area contributed by atoms with Crippen LogP contribution in [-0.4, -0.2) is 38.0 Å². The lowest BCUT2D eigenvalue weighted by Gasteiger charge is -2.31. The highest BCUT2D eigenvalue weighted by molar-refractivity contribution is 5.85. The van der Waals surface area contributed by atoms with Crippen LogP contribution in [0, 0.1) is 11.8 Å². The second kappa shape index (κ2) is 9.16. The Hall–Kier alpha value is -0.810. The molecule has 0 spiro atoms. The fourth-order valence-electron chi connectivity index (χ4n) is 1.69. The van der Waals surface area contributed by atoms with Crippen molar-refractivity contribution in [1.82, 2.24) is 16.0 Å². The minimum absolute atomic E-state index is 0. The third kappa shape index (κ3) is 5.69. The van der Waals surface area contributed by atoms with Crippen molar-refractivity contribution in [2.24, 2.45) is 11.8 Å². The van der Waals surface area contributed by atoms with Gasteiger partial charge in [0.1, 0.15) is 0 Å². The SMILES string of the molecule is CCCNC(=O)CCNC(=O)C(C)C1CNC1.Cl. The standard InChI is InChI=1S/C12H23N3O2.ClH/c1-3-5-14-11(16)4-6-15-12(17)9(2)10-7-13-8-10;/h9-10,13H,3-8H2,1-2H3,(H,14,16)(H,15,17);1H. The zero-order chi connectivity index (χ0) is 12.7. The maximum atomic E-state index is 11.7. The third-order valence-electron chi connectivity index (χ3n) is 3.16. The molecule has 0 bridgehead atoms. The van der Waals surface area contributed by atoms with E-state index in [4.69, 9.17) is 0 Å². The van der Waals surface area contributed by atoms with Crippen LogP contribution in [0.15, 0.2) is 0 Å². The van der Waals surface area contributed by atoms with Crippen molar-refractivity contribution in [3.63, 3.8) is 0 Å². The molecule has 1 aliphatic rings. The lowest BCUT2D eigenvalue weighted by atomic mass is 9.88. The Morgan fingerprint density at radius 2 is 1.94 bits per heavy atom. The average Bonchev–Trinajstić information content (AvgIpc) is 2.23. The second-order valence-corrected chi connectivity index (χ2v) is 4.60. The lowest BCUT2D eigenvalue weighted by molar-refractivity contribution is -0.126. The van der Waals surface area contributed by atoms with Gasteiger partial charge in [-0.3, -0.25) is 9.59 Å². The number of carbonyl (C=O) groups is 2. The van der Waals surface area contributed by atoms with Gasteiger partial charge < -0.3 is 16.0 Å². The van der Waals surface area contributed by atoms with Crippen LogP contribution in [0.4, 0.5) is 0 Å². The topological polar surface area (TPSA) is 70.2 Å². The van der Waals surface area contributed by atoms with E-state index in [1.54, 1.807) is 0 Å². The van der Waals surface area contributed by atoms with Gasteiger partial charge in [0.05, 0.1) is 0 Å². The summed E-state index contributed by atoms with van der Waals surface area (Å²) in [5.74, 6) is 0.545. The Kier molecular flexibility index (Phi) is 8.75. The molecule has 0 saturated carbocycles. The molecule has 2 amide bonds. The van der Waals surface area contributed by atoms with Gasteiger partial charge in [0, 0.05) is 25.4 Å². The molecule has 0 radical (unpaired) electrons. The molecule has 1 heterocycles. The van der Waals surface area contributed by atoms with Gasteiger partial charge in [-0.1, -0.05) is 13.8 Å². The van der Waals surface area contributed by atoms with Gasteiger partial charge in [0.15, 0.2) is 0 Å². The Morgan fingerprint density at radius 3 is 2.44 bits per heavy atom. The predicted molar refractivity (Wildman–Crippen MR) is 73.7 cm³/mol. The molecule has 1 rings (SSSR count). The number of hydrogen-bond donors (Lipinski definition) is 3. The van der Waals surface area contributed by atoms with E-state index >= 15 is 0 Å². The van der Waals surface area contributed by atoms with Crippen molar-refractivity contribution in [3.05, 3.63) is 0 Å². The summed E-state index contributed by atoms with van der Waals surface area (Å²) in [4.78, 5) is 23.0. The summed E-state index contributed by atoms with van der Waals surface area (Å²) in [6, 6.07) is 0. The Labute approximate surface area is 115 Å². The molecule has 0 aromatic heterocycles. The summed E-state index contributed by atoms with van der Waals surface area (Å²) in [5, 5.41) is 8.74. The third-order valence-corrected chi connectivity index (χ3v) is 3.16. The molecule has 6 heteroatoms. The first-order chi connectivity index (χ1) is 8.15. The molecule has 1 saturated heterocycles. The summed E-state index contributed by atoms with van der Waals surface area (Å²) >= 11 is 0. The number of rotatable bonds is 7. The van der Waals surface area contributed by atoms with Gasteiger partial charge in [-0.15, -0.1) is 12.4 Å². The maximum Gasteiger partial charge on any atom is 0.223 e. The molecule has 1 unspecified atom stereocenters. The summed E-state index contributed by atoms with van der Waals surface area (Å²) < 4.78 is 0. The van der Waals surface area contributed by atoms with Gasteiger partial charge in [-0.25, -0.2) is 0 Å². The quantitative estimate of drug-likeness (QED) is 0.627. The fourth-order valence-corrected chi connectivity index (χ4v) is 1.69. The molecule has 1 atom stereocenters. The Morgan fingerprint density at radius 1 is 1.28 bits per heavy atom. The first-order valence-electron chi connectivity index (χ1n) is 6.40. The van der Waals surface area contributed by atoms with Crippen molar-refractivity contribution < 1.29 is 9.59 Å². The maximum absolute atomic E-state index is 11.7. The van der Waals surface area contributed by atoms with E-state index < -0.39 is 0 Å². The highest BCUT2D eigenvalue weighted by Crippen LogP contribution is 2.15. The highest BCUT2D eigenvalue weighted by atomic mass is 35.5.